The Balaban J connectivity index is 2.00. The number of carbonyl (C=O) groups is 2. The molecule has 1 aromatic heterocycles. The van der Waals surface area contributed by atoms with Gasteiger partial charge in [0, 0.05) is 10.8 Å². The first kappa shape index (κ1) is 15.7. The van der Waals surface area contributed by atoms with Crippen LogP contribution in [0.2, 0.25) is 0 Å². The van der Waals surface area contributed by atoms with Gasteiger partial charge in [0.2, 0.25) is 0 Å². The van der Waals surface area contributed by atoms with Crippen molar-refractivity contribution in [3.05, 3.63) is 64.4 Å². The van der Waals surface area contributed by atoms with Crippen LogP contribution in [0.4, 0.5) is 0 Å². The van der Waals surface area contributed by atoms with E-state index in [1.807, 2.05) is 47.8 Å². The van der Waals surface area contributed by atoms with Crippen LogP contribution >= 0.6 is 11.3 Å². The summed E-state index contributed by atoms with van der Waals surface area (Å²) in [4.78, 5) is 26.0. The quantitative estimate of drug-likeness (QED) is 0.628. The molecule has 0 aliphatic heterocycles. The second-order valence-corrected chi connectivity index (χ2v) is 6.45. The number of ether oxygens (including phenoxy) is 1. The van der Waals surface area contributed by atoms with Crippen LogP contribution in [0, 0.1) is 5.92 Å². The minimum Gasteiger partial charge on any atom is -0.465 e. The molecule has 3 rings (SSSR count). The minimum atomic E-state index is -0.749. The van der Waals surface area contributed by atoms with Gasteiger partial charge in [-0.25, -0.2) is 0 Å². The zero-order valence-electron chi connectivity index (χ0n) is 12.9. The molecule has 0 spiro atoms. The van der Waals surface area contributed by atoms with Crippen LogP contribution in [-0.4, -0.2) is 18.4 Å². The van der Waals surface area contributed by atoms with Crippen molar-refractivity contribution < 1.29 is 14.3 Å². The van der Waals surface area contributed by atoms with Crippen molar-refractivity contribution >= 4 is 28.7 Å². The number of hydrogen-bond donors (Lipinski definition) is 0. The van der Waals surface area contributed by atoms with Crippen molar-refractivity contribution in [1.82, 2.24) is 0 Å². The fourth-order valence-electron chi connectivity index (χ4n) is 3.03. The van der Waals surface area contributed by atoms with Crippen LogP contribution in [0.3, 0.4) is 0 Å². The number of rotatable bonds is 4. The van der Waals surface area contributed by atoms with Crippen LogP contribution in [-0.2, 0) is 14.3 Å². The molecule has 1 aliphatic carbocycles. The monoisotopic (exact) mass is 326 g/mol. The fraction of sp³-hybridized carbons (Fsp3) is 0.263. The Labute approximate surface area is 139 Å². The second-order valence-electron chi connectivity index (χ2n) is 5.50. The van der Waals surface area contributed by atoms with Gasteiger partial charge >= 0.3 is 5.97 Å². The SMILES string of the molecule is CCOC(=O)[C@H]1C(=O)C=C(c2cccs2)C[C@H]1c1ccccc1. The van der Waals surface area contributed by atoms with Gasteiger partial charge in [-0.3, -0.25) is 9.59 Å². The van der Waals surface area contributed by atoms with Crippen LogP contribution < -0.4 is 0 Å². The van der Waals surface area contributed by atoms with E-state index in [1.165, 1.54) is 0 Å². The maximum absolute atomic E-state index is 12.6. The van der Waals surface area contributed by atoms with Gasteiger partial charge in [0.15, 0.2) is 5.78 Å². The first-order valence-corrected chi connectivity index (χ1v) is 8.58. The van der Waals surface area contributed by atoms with Crippen LogP contribution in [0.5, 0.6) is 0 Å². The van der Waals surface area contributed by atoms with Gasteiger partial charge in [-0.15, -0.1) is 11.3 Å². The number of esters is 1. The lowest BCUT2D eigenvalue weighted by molar-refractivity contribution is -0.151. The molecule has 1 aliphatic rings. The minimum absolute atomic E-state index is 0.160. The summed E-state index contributed by atoms with van der Waals surface area (Å²) < 4.78 is 5.14. The van der Waals surface area contributed by atoms with Gasteiger partial charge in [0.1, 0.15) is 5.92 Å². The molecular formula is C19H18O3S. The van der Waals surface area contributed by atoms with Crippen LogP contribution in [0.1, 0.15) is 29.7 Å². The number of thiophene rings is 1. The average Bonchev–Trinajstić information content (AvgIpc) is 3.09. The molecule has 23 heavy (non-hydrogen) atoms. The van der Waals surface area contributed by atoms with E-state index in [0.29, 0.717) is 6.42 Å². The first-order chi connectivity index (χ1) is 11.2. The number of ketones is 1. The predicted octanol–water partition coefficient (Wildman–Crippen LogP) is 4.07. The van der Waals surface area contributed by atoms with Gasteiger partial charge in [-0.1, -0.05) is 36.4 Å². The molecule has 1 heterocycles. The summed E-state index contributed by atoms with van der Waals surface area (Å²) in [5, 5.41) is 2.00. The van der Waals surface area contributed by atoms with Crippen molar-refractivity contribution in [1.29, 1.82) is 0 Å². The van der Waals surface area contributed by atoms with E-state index in [2.05, 4.69) is 0 Å². The Morgan fingerprint density at radius 1 is 1.22 bits per heavy atom. The van der Waals surface area contributed by atoms with Crippen molar-refractivity contribution in [2.45, 2.75) is 19.3 Å². The van der Waals surface area contributed by atoms with E-state index in [0.717, 1.165) is 16.0 Å². The van der Waals surface area contributed by atoms with Gasteiger partial charge in [0.25, 0.3) is 0 Å². The summed E-state index contributed by atoms with van der Waals surface area (Å²) in [5.74, 6) is -1.51. The van der Waals surface area contributed by atoms with Gasteiger partial charge in [-0.05, 0) is 42.0 Å². The van der Waals surface area contributed by atoms with Crippen molar-refractivity contribution in [2.75, 3.05) is 6.61 Å². The van der Waals surface area contributed by atoms with Gasteiger partial charge in [0.05, 0.1) is 6.61 Å². The third kappa shape index (κ3) is 3.27. The van der Waals surface area contributed by atoms with E-state index in [4.69, 9.17) is 4.74 Å². The third-order valence-electron chi connectivity index (χ3n) is 4.07. The van der Waals surface area contributed by atoms with E-state index in [9.17, 15) is 9.59 Å². The Bertz CT molecular complexity index is 716. The summed E-state index contributed by atoms with van der Waals surface area (Å²) in [5.41, 5.74) is 2.00. The van der Waals surface area contributed by atoms with E-state index in [-0.39, 0.29) is 18.3 Å². The highest BCUT2D eigenvalue weighted by molar-refractivity contribution is 7.11. The Kier molecular flexibility index (Phi) is 4.72. The molecule has 0 saturated heterocycles. The summed E-state index contributed by atoms with van der Waals surface area (Å²) in [7, 11) is 0. The summed E-state index contributed by atoms with van der Waals surface area (Å²) >= 11 is 1.61. The van der Waals surface area contributed by atoms with Gasteiger partial charge in [-0.2, -0.15) is 0 Å². The van der Waals surface area contributed by atoms with Crippen molar-refractivity contribution in [2.24, 2.45) is 5.92 Å². The molecule has 3 nitrogen and oxygen atoms in total. The zero-order valence-corrected chi connectivity index (χ0v) is 13.7. The lowest BCUT2D eigenvalue weighted by Crippen LogP contribution is -2.33. The van der Waals surface area contributed by atoms with E-state index in [1.54, 1.807) is 24.3 Å². The molecule has 0 bridgehead atoms. The molecule has 0 amide bonds. The largest absolute Gasteiger partial charge is 0.465 e. The molecule has 118 valence electrons. The maximum atomic E-state index is 12.6. The smallest absolute Gasteiger partial charge is 0.317 e. The Hall–Kier alpha value is -2.20. The van der Waals surface area contributed by atoms with Crippen LogP contribution in [0.25, 0.3) is 5.57 Å². The van der Waals surface area contributed by atoms with Crippen molar-refractivity contribution in [3.8, 4) is 0 Å². The molecule has 0 fully saturated rings. The van der Waals surface area contributed by atoms with Crippen LogP contribution in [0.15, 0.2) is 53.9 Å². The molecule has 2 atom stereocenters. The third-order valence-corrected chi connectivity index (χ3v) is 5.02. The predicted molar refractivity (Wildman–Crippen MR) is 91.2 cm³/mol. The Morgan fingerprint density at radius 3 is 2.65 bits per heavy atom. The summed E-state index contributed by atoms with van der Waals surface area (Å²) in [6.07, 6.45) is 2.28. The fourth-order valence-corrected chi connectivity index (χ4v) is 3.78. The average molecular weight is 326 g/mol. The number of carbonyl (C=O) groups excluding carboxylic acids is 2. The molecular weight excluding hydrogens is 308 g/mol. The molecule has 4 heteroatoms. The molecule has 2 aromatic rings. The highest BCUT2D eigenvalue weighted by Gasteiger charge is 2.39. The molecule has 0 N–H and O–H groups in total. The second kappa shape index (κ2) is 6.92. The zero-order chi connectivity index (χ0) is 16.2. The maximum Gasteiger partial charge on any atom is 0.317 e. The highest BCUT2D eigenvalue weighted by atomic mass is 32.1. The normalized spacial score (nSPS) is 20.9. The van der Waals surface area contributed by atoms with Crippen molar-refractivity contribution in [3.63, 3.8) is 0 Å². The van der Waals surface area contributed by atoms with Gasteiger partial charge < -0.3 is 4.74 Å². The van der Waals surface area contributed by atoms with E-state index < -0.39 is 11.9 Å². The number of allylic oxidation sites excluding steroid dienone is 2. The Morgan fingerprint density at radius 2 is 2.00 bits per heavy atom. The molecule has 0 radical (unpaired) electrons. The topological polar surface area (TPSA) is 43.4 Å². The molecule has 0 unspecified atom stereocenters. The van der Waals surface area contributed by atoms with E-state index >= 15 is 0 Å². The summed E-state index contributed by atoms with van der Waals surface area (Å²) in [6.45, 7) is 2.04. The molecule has 0 saturated carbocycles. The first-order valence-electron chi connectivity index (χ1n) is 7.70. The number of hydrogen-bond acceptors (Lipinski definition) is 4. The standard InChI is InChI=1S/C19H18O3S/c1-2-22-19(21)18-15(13-7-4-3-5-8-13)11-14(12-16(18)20)17-9-6-10-23-17/h3-10,12,15,18H,2,11H2,1H3/t15-,18+/m0/s1. The highest BCUT2D eigenvalue weighted by Crippen LogP contribution is 2.41. The lowest BCUT2D eigenvalue weighted by Gasteiger charge is -2.29. The number of benzene rings is 1. The lowest BCUT2D eigenvalue weighted by atomic mass is 9.74. The molecule has 1 aromatic carbocycles. The summed E-state index contributed by atoms with van der Waals surface area (Å²) in [6, 6.07) is 13.7.